The molecule has 3 heterocycles. The maximum atomic E-state index is 12.8. The first-order valence-corrected chi connectivity index (χ1v) is 8.19. The van der Waals surface area contributed by atoms with E-state index in [0.29, 0.717) is 6.04 Å². The highest BCUT2D eigenvalue weighted by Crippen LogP contribution is 2.42. The second kappa shape index (κ2) is 5.54. The second-order valence-corrected chi connectivity index (χ2v) is 6.84. The van der Waals surface area contributed by atoms with Crippen LogP contribution >= 0.6 is 0 Å². The Balaban J connectivity index is 1.75. The monoisotopic (exact) mass is 303 g/mol. The Kier molecular flexibility index (Phi) is 3.85. The number of carbonyl (C=O) groups excluding carboxylic acids is 1. The number of amides is 1. The Morgan fingerprint density at radius 1 is 1.27 bits per heavy atom. The summed E-state index contributed by atoms with van der Waals surface area (Å²) in [6.45, 7) is 7.20. The minimum Gasteiger partial charge on any atom is -0.317 e. The number of hydrogen-bond acceptors (Lipinski definition) is 3. The smallest absolute Gasteiger partial charge is 0.250 e. The predicted octanol–water partition coefficient (Wildman–Crippen LogP) is 1.61. The van der Waals surface area contributed by atoms with Gasteiger partial charge in [0.1, 0.15) is 0 Å². The predicted molar refractivity (Wildman–Crippen MR) is 87.0 cm³/mol. The number of anilines is 1. The van der Waals surface area contributed by atoms with Crippen molar-refractivity contribution in [2.75, 3.05) is 24.5 Å². The fourth-order valence-electron chi connectivity index (χ4n) is 3.69. The van der Waals surface area contributed by atoms with Crippen LogP contribution in [-0.2, 0) is 11.8 Å². The van der Waals surface area contributed by atoms with Gasteiger partial charge in [0, 0.05) is 38.4 Å². The molecule has 2 saturated heterocycles. The van der Waals surface area contributed by atoms with Crippen LogP contribution in [0.3, 0.4) is 0 Å². The number of likely N-dealkylation sites (tertiary alicyclic amines) is 1. The lowest BCUT2D eigenvalue weighted by Gasteiger charge is -2.54. The van der Waals surface area contributed by atoms with Crippen molar-refractivity contribution in [2.45, 2.75) is 39.2 Å². The van der Waals surface area contributed by atoms with Crippen molar-refractivity contribution >= 4 is 11.6 Å². The van der Waals surface area contributed by atoms with Crippen LogP contribution in [0.1, 0.15) is 33.1 Å². The van der Waals surface area contributed by atoms with E-state index in [2.05, 4.69) is 18.7 Å². The zero-order valence-corrected chi connectivity index (χ0v) is 13.7. The van der Waals surface area contributed by atoms with E-state index in [-0.39, 0.29) is 16.9 Å². The lowest BCUT2D eigenvalue weighted by molar-refractivity contribution is -0.140. The molecule has 2 atom stereocenters. The van der Waals surface area contributed by atoms with E-state index < -0.39 is 0 Å². The Morgan fingerprint density at radius 3 is 2.68 bits per heavy atom. The zero-order valence-electron chi connectivity index (χ0n) is 13.7. The normalized spacial score (nSPS) is 27.0. The topological polar surface area (TPSA) is 45.5 Å². The first-order valence-electron chi connectivity index (χ1n) is 8.19. The summed E-state index contributed by atoms with van der Waals surface area (Å²) in [6, 6.07) is 3.82. The third-order valence-electron chi connectivity index (χ3n) is 5.36. The first kappa shape index (κ1) is 15.3. The molecule has 0 aliphatic carbocycles. The molecule has 0 N–H and O–H groups in total. The van der Waals surface area contributed by atoms with Crippen LogP contribution in [0.2, 0.25) is 0 Å². The molecular formula is C17H25N3O2. The van der Waals surface area contributed by atoms with Crippen LogP contribution in [0.5, 0.6) is 0 Å². The number of aryl methyl sites for hydroxylation is 1. The van der Waals surface area contributed by atoms with Gasteiger partial charge in [-0.15, -0.1) is 0 Å². The van der Waals surface area contributed by atoms with Gasteiger partial charge >= 0.3 is 0 Å². The van der Waals surface area contributed by atoms with E-state index in [4.69, 9.17) is 0 Å². The van der Waals surface area contributed by atoms with Gasteiger partial charge in [0.05, 0.1) is 11.1 Å². The maximum Gasteiger partial charge on any atom is 0.250 e. The fourth-order valence-corrected chi connectivity index (χ4v) is 3.69. The summed E-state index contributed by atoms with van der Waals surface area (Å²) in [5.74, 6) is 0.221. The zero-order chi connectivity index (χ0) is 15.9. The number of piperidine rings is 1. The lowest BCUT2D eigenvalue weighted by Crippen LogP contribution is -2.68. The molecule has 3 rings (SSSR count). The molecule has 2 aliphatic heterocycles. The largest absolute Gasteiger partial charge is 0.317 e. The highest BCUT2D eigenvalue weighted by Gasteiger charge is 2.54. The van der Waals surface area contributed by atoms with Crippen LogP contribution in [0.4, 0.5) is 5.69 Å². The lowest BCUT2D eigenvalue weighted by atomic mass is 9.72. The Hall–Kier alpha value is -1.62. The number of carbonyl (C=O) groups is 1. The SMILES string of the molecule is CCC(C)N1CCCC2(CN(c3ccc(=O)n(C)c3)C2=O)C1. The van der Waals surface area contributed by atoms with E-state index in [0.717, 1.165) is 44.6 Å². The molecule has 5 heteroatoms. The van der Waals surface area contributed by atoms with Gasteiger partial charge in [-0.1, -0.05) is 6.92 Å². The van der Waals surface area contributed by atoms with Crippen molar-refractivity contribution in [3.63, 3.8) is 0 Å². The van der Waals surface area contributed by atoms with Gasteiger partial charge in [-0.2, -0.15) is 0 Å². The minimum absolute atomic E-state index is 0.0490. The number of rotatable bonds is 3. The molecule has 1 aromatic rings. The van der Waals surface area contributed by atoms with Gasteiger partial charge in [-0.25, -0.2) is 0 Å². The minimum atomic E-state index is -0.198. The van der Waals surface area contributed by atoms with E-state index in [1.165, 1.54) is 10.6 Å². The summed E-state index contributed by atoms with van der Waals surface area (Å²) in [4.78, 5) is 28.6. The van der Waals surface area contributed by atoms with E-state index in [9.17, 15) is 9.59 Å². The summed E-state index contributed by atoms with van der Waals surface area (Å²) in [5, 5.41) is 0. The van der Waals surface area contributed by atoms with Crippen LogP contribution in [-0.4, -0.2) is 41.1 Å². The van der Waals surface area contributed by atoms with Gasteiger partial charge in [0.25, 0.3) is 0 Å². The molecule has 1 spiro atoms. The quantitative estimate of drug-likeness (QED) is 0.797. The van der Waals surface area contributed by atoms with Crippen LogP contribution in [0, 0.1) is 5.41 Å². The Bertz CT molecular complexity index is 639. The van der Waals surface area contributed by atoms with Crippen LogP contribution in [0.25, 0.3) is 0 Å². The van der Waals surface area contributed by atoms with Crippen molar-refractivity contribution < 1.29 is 4.79 Å². The summed E-state index contributed by atoms with van der Waals surface area (Å²) < 4.78 is 1.53. The molecule has 1 amide bonds. The van der Waals surface area contributed by atoms with Gasteiger partial charge in [-0.3, -0.25) is 14.5 Å². The third kappa shape index (κ3) is 2.37. The highest BCUT2D eigenvalue weighted by atomic mass is 16.2. The van der Waals surface area contributed by atoms with E-state index in [1.807, 2.05) is 4.90 Å². The molecule has 1 aromatic heterocycles. The molecule has 22 heavy (non-hydrogen) atoms. The number of aromatic nitrogens is 1. The van der Waals surface area contributed by atoms with Crippen LogP contribution in [0.15, 0.2) is 23.1 Å². The second-order valence-electron chi connectivity index (χ2n) is 6.84. The van der Waals surface area contributed by atoms with Gasteiger partial charge in [-0.05, 0) is 38.8 Å². The van der Waals surface area contributed by atoms with Gasteiger partial charge < -0.3 is 9.47 Å². The molecule has 2 aliphatic rings. The summed E-state index contributed by atoms with van der Waals surface area (Å²) in [5.41, 5.74) is 0.585. The van der Waals surface area contributed by atoms with E-state index >= 15 is 0 Å². The molecule has 2 fully saturated rings. The molecule has 120 valence electrons. The maximum absolute atomic E-state index is 12.8. The average Bonchev–Trinajstić information content (AvgIpc) is 2.54. The molecule has 2 unspecified atom stereocenters. The molecule has 0 aromatic carbocycles. The first-order chi connectivity index (χ1) is 10.5. The Labute approximate surface area is 131 Å². The molecule has 0 radical (unpaired) electrons. The molecule has 0 saturated carbocycles. The van der Waals surface area contributed by atoms with Crippen molar-refractivity contribution in [3.8, 4) is 0 Å². The van der Waals surface area contributed by atoms with Gasteiger partial charge in [0.2, 0.25) is 11.5 Å². The molecular weight excluding hydrogens is 278 g/mol. The number of β-lactam (4-membered cyclic amide) rings is 1. The summed E-state index contributed by atoms with van der Waals surface area (Å²) >= 11 is 0. The number of pyridine rings is 1. The van der Waals surface area contributed by atoms with Crippen molar-refractivity contribution in [1.82, 2.24) is 9.47 Å². The summed E-state index contributed by atoms with van der Waals surface area (Å²) in [6.07, 6.45) is 4.95. The van der Waals surface area contributed by atoms with Crippen molar-refractivity contribution in [2.24, 2.45) is 12.5 Å². The average molecular weight is 303 g/mol. The standard InChI is InChI=1S/C17H25N3O2/c1-4-13(2)19-9-5-8-17(11-19)12-20(16(17)22)14-6-7-15(21)18(3)10-14/h6-7,10,13H,4-5,8-9,11-12H2,1-3H3. The van der Waals surface area contributed by atoms with E-state index in [1.54, 1.807) is 19.3 Å². The van der Waals surface area contributed by atoms with Crippen molar-refractivity contribution in [1.29, 1.82) is 0 Å². The highest BCUT2D eigenvalue weighted by molar-refractivity contribution is 6.04. The number of nitrogens with zero attached hydrogens (tertiary/aromatic N) is 3. The third-order valence-corrected chi connectivity index (χ3v) is 5.36. The van der Waals surface area contributed by atoms with Crippen molar-refractivity contribution in [3.05, 3.63) is 28.7 Å². The fraction of sp³-hybridized carbons (Fsp3) is 0.647. The number of hydrogen-bond donors (Lipinski definition) is 0. The molecule has 0 bridgehead atoms. The molecule has 5 nitrogen and oxygen atoms in total. The summed E-state index contributed by atoms with van der Waals surface area (Å²) in [7, 11) is 1.72. The van der Waals surface area contributed by atoms with Crippen LogP contribution < -0.4 is 10.5 Å². The van der Waals surface area contributed by atoms with Gasteiger partial charge in [0.15, 0.2) is 0 Å². The Morgan fingerprint density at radius 2 is 2.05 bits per heavy atom.